The van der Waals surface area contributed by atoms with Crippen molar-refractivity contribution in [2.45, 2.75) is 45.1 Å². The topological polar surface area (TPSA) is 83.6 Å². The van der Waals surface area contributed by atoms with Crippen LogP contribution in [0, 0.1) is 5.92 Å². The van der Waals surface area contributed by atoms with Crippen molar-refractivity contribution in [1.29, 1.82) is 0 Å². The smallest absolute Gasteiger partial charge is 0.305 e. The molecule has 1 fully saturated rings. The maximum absolute atomic E-state index is 12.0. The first kappa shape index (κ1) is 14.0. The maximum Gasteiger partial charge on any atom is 0.305 e. The van der Waals surface area contributed by atoms with Crippen LogP contribution >= 0.6 is 0 Å². The molecule has 1 saturated heterocycles. The fourth-order valence-electron chi connectivity index (χ4n) is 2.34. The lowest BCUT2D eigenvalue weighted by molar-refractivity contribution is -0.140. The first-order valence-electron chi connectivity index (χ1n) is 6.29. The van der Waals surface area contributed by atoms with E-state index in [4.69, 9.17) is 10.8 Å². The number of nitrogens with zero attached hydrogens (tertiary/aromatic N) is 1. The van der Waals surface area contributed by atoms with E-state index in [-0.39, 0.29) is 24.3 Å². The summed E-state index contributed by atoms with van der Waals surface area (Å²) >= 11 is 0. The molecule has 3 N–H and O–H groups in total. The Balaban J connectivity index is 2.52. The molecule has 1 rings (SSSR count). The molecule has 0 radical (unpaired) electrons. The van der Waals surface area contributed by atoms with Crippen LogP contribution in [0.1, 0.15) is 39.0 Å². The molecule has 0 aromatic heterocycles. The third kappa shape index (κ3) is 4.00. The highest BCUT2D eigenvalue weighted by molar-refractivity contribution is 5.78. The van der Waals surface area contributed by atoms with E-state index in [1.54, 1.807) is 4.90 Å². The zero-order valence-electron chi connectivity index (χ0n) is 10.4. The number of hydrogen-bond donors (Lipinski definition) is 2. The number of carbonyl (C=O) groups excluding carboxylic acids is 1. The summed E-state index contributed by atoms with van der Waals surface area (Å²) in [6.07, 6.45) is 3.11. The molecule has 1 amide bonds. The first-order valence-corrected chi connectivity index (χ1v) is 6.29. The van der Waals surface area contributed by atoms with Gasteiger partial charge >= 0.3 is 5.97 Å². The van der Waals surface area contributed by atoms with Gasteiger partial charge < -0.3 is 15.7 Å². The Labute approximate surface area is 102 Å². The second kappa shape index (κ2) is 6.59. The van der Waals surface area contributed by atoms with Gasteiger partial charge in [-0.3, -0.25) is 9.59 Å². The molecule has 0 spiro atoms. The van der Waals surface area contributed by atoms with E-state index in [0.29, 0.717) is 19.5 Å². The van der Waals surface area contributed by atoms with Crippen LogP contribution in [0.25, 0.3) is 0 Å². The molecular weight excluding hydrogens is 220 g/mol. The van der Waals surface area contributed by atoms with Crippen molar-refractivity contribution in [3.05, 3.63) is 0 Å². The van der Waals surface area contributed by atoms with Crippen molar-refractivity contribution in [3.63, 3.8) is 0 Å². The van der Waals surface area contributed by atoms with E-state index >= 15 is 0 Å². The van der Waals surface area contributed by atoms with Gasteiger partial charge in [-0.25, -0.2) is 0 Å². The number of nitrogens with two attached hydrogens (primary N) is 1. The Morgan fingerprint density at radius 2 is 2.24 bits per heavy atom. The molecule has 0 aromatic carbocycles. The van der Waals surface area contributed by atoms with Crippen LogP contribution in [-0.2, 0) is 9.59 Å². The lowest BCUT2D eigenvalue weighted by atomic mass is 10.0. The Morgan fingerprint density at radius 3 is 2.76 bits per heavy atom. The van der Waals surface area contributed by atoms with E-state index in [1.807, 2.05) is 6.92 Å². The van der Waals surface area contributed by atoms with Crippen LogP contribution in [0.3, 0.4) is 0 Å². The van der Waals surface area contributed by atoms with Crippen LogP contribution < -0.4 is 5.73 Å². The summed E-state index contributed by atoms with van der Waals surface area (Å²) in [5.41, 5.74) is 5.58. The fourth-order valence-corrected chi connectivity index (χ4v) is 2.34. The zero-order valence-corrected chi connectivity index (χ0v) is 10.4. The van der Waals surface area contributed by atoms with Crippen molar-refractivity contribution in [3.8, 4) is 0 Å². The van der Waals surface area contributed by atoms with Crippen LogP contribution in [0.2, 0.25) is 0 Å². The van der Waals surface area contributed by atoms with Crippen molar-refractivity contribution < 1.29 is 14.7 Å². The molecule has 2 unspecified atom stereocenters. The molecule has 0 aromatic rings. The highest BCUT2D eigenvalue weighted by Crippen LogP contribution is 2.22. The van der Waals surface area contributed by atoms with Gasteiger partial charge in [-0.15, -0.1) is 0 Å². The average Bonchev–Trinajstić information content (AvgIpc) is 2.72. The normalized spacial score (nSPS) is 21.5. The molecular formula is C12H22N2O3. The van der Waals surface area contributed by atoms with Gasteiger partial charge in [0.05, 0.1) is 6.42 Å². The second-order valence-electron chi connectivity index (χ2n) is 4.70. The molecule has 1 heterocycles. The van der Waals surface area contributed by atoms with Gasteiger partial charge in [-0.1, -0.05) is 13.3 Å². The molecule has 5 nitrogen and oxygen atoms in total. The number of rotatable bonds is 6. The van der Waals surface area contributed by atoms with Gasteiger partial charge in [0, 0.05) is 19.0 Å². The average molecular weight is 242 g/mol. The molecule has 98 valence electrons. The molecule has 1 aliphatic heterocycles. The van der Waals surface area contributed by atoms with Crippen molar-refractivity contribution in [2.75, 3.05) is 13.1 Å². The molecule has 0 saturated carbocycles. The third-order valence-corrected chi connectivity index (χ3v) is 3.48. The molecule has 5 heteroatoms. The molecule has 0 aliphatic carbocycles. The number of hydrogen-bond acceptors (Lipinski definition) is 3. The minimum Gasteiger partial charge on any atom is -0.481 e. The van der Waals surface area contributed by atoms with Crippen molar-refractivity contribution in [2.24, 2.45) is 11.7 Å². The third-order valence-electron chi connectivity index (χ3n) is 3.48. The molecule has 1 aliphatic rings. The van der Waals surface area contributed by atoms with Gasteiger partial charge in [0.2, 0.25) is 5.91 Å². The number of amides is 1. The van der Waals surface area contributed by atoms with E-state index in [9.17, 15) is 9.59 Å². The SMILES string of the molecule is CCC(CN)CC(=O)N1CCCC1CC(=O)O. The molecule has 2 atom stereocenters. The van der Waals surface area contributed by atoms with Gasteiger partial charge in [0.25, 0.3) is 0 Å². The summed E-state index contributed by atoms with van der Waals surface area (Å²) in [5, 5.41) is 8.79. The largest absolute Gasteiger partial charge is 0.481 e. The van der Waals surface area contributed by atoms with Crippen LogP contribution in [-0.4, -0.2) is 41.0 Å². The van der Waals surface area contributed by atoms with Crippen molar-refractivity contribution in [1.82, 2.24) is 4.90 Å². The van der Waals surface area contributed by atoms with Gasteiger partial charge in [0.15, 0.2) is 0 Å². The van der Waals surface area contributed by atoms with Crippen LogP contribution in [0.15, 0.2) is 0 Å². The van der Waals surface area contributed by atoms with E-state index in [0.717, 1.165) is 19.3 Å². The standard InChI is InChI=1S/C12H22N2O3/c1-2-9(8-13)6-11(15)14-5-3-4-10(14)7-12(16)17/h9-10H,2-8,13H2,1H3,(H,16,17). The van der Waals surface area contributed by atoms with Crippen LogP contribution in [0.5, 0.6) is 0 Å². The van der Waals surface area contributed by atoms with Crippen LogP contribution in [0.4, 0.5) is 0 Å². The molecule has 0 bridgehead atoms. The van der Waals surface area contributed by atoms with Gasteiger partial charge in [-0.2, -0.15) is 0 Å². The lowest BCUT2D eigenvalue weighted by Crippen LogP contribution is -2.38. The monoisotopic (exact) mass is 242 g/mol. The van der Waals surface area contributed by atoms with E-state index in [1.165, 1.54) is 0 Å². The van der Waals surface area contributed by atoms with Crippen molar-refractivity contribution >= 4 is 11.9 Å². The fraction of sp³-hybridized carbons (Fsp3) is 0.833. The summed E-state index contributed by atoms with van der Waals surface area (Å²) in [6, 6.07) is -0.115. The number of carbonyl (C=O) groups is 2. The minimum absolute atomic E-state index is 0.0607. The summed E-state index contributed by atoms with van der Waals surface area (Å²) in [5.74, 6) is -0.555. The predicted molar refractivity (Wildman–Crippen MR) is 64.4 cm³/mol. The quantitative estimate of drug-likeness (QED) is 0.722. The Bertz CT molecular complexity index is 277. The lowest BCUT2D eigenvalue weighted by Gasteiger charge is -2.25. The number of carboxylic acid groups (broad SMARTS) is 1. The second-order valence-corrected chi connectivity index (χ2v) is 4.70. The summed E-state index contributed by atoms with van der Waals surface area (Å²) in [6.45, 7) is 3.22. The maximum atomic E-state index is 12.0. The Morgan fingerprint density at radius 1 is 1.53 bits per heavy atom. The number of likely N-dealkylation sites (tertiary alicyclic amines) is 1. The molecule has 17 heavy (non-hydrogen) atoms. The summed E-state index contributed by atoms with van der Waals surface area (Å²) in [4.78, 5) is 24.5. The summed E-state index contributed by atoms with van der Waals surface area (Å²) in [7, 11) is 0. The zero-order chi connectivity index (χ0) is 12.8. The summed E-state index contributed by atoms with van der Waals surface area (Å²) < 4.78 is 0. The van der Waals surface area contributed by atoms with E-state index in [2.05, 4.69) is 0 Å². The highest BCUT2D eigenvalue weighted by Gasteiger charge is 2.30. The number of aliphatic carboxylic acids is 1. The Hall–Kier alpha value is -1.10. The minimum atomic E-state index is -0.833. The highest BCUT2D eigenvalue weighted by atomic mass is 16.4. The Kier molecular flexibility index (Phi) is 5.41. The van der Waals surface area contributed by atoms with Gasteiger partial charge in [-0.05, 0) is 25.3 Å². The van der Waals surface area contributed by atoms with E-state index < -0.39 is 5.97 Å². The first-order chi connectivity index (χ1) is 8.08. The predicted octanol–water partition coefficient (Wildman–Crippen LogP) is 0.827. The number of carboxylic acids is 1. The van der Waals surface area contributed by atoms with Gasteiger partial charge in [0.1, 0.15) is 0 Å².